The molecule has 0 aliphatic rings. The van der Waals surface area contributed by atoms with Crippen LogP contribution in [0.2, 0.25) is 0 Å². The average Bonchev–Trinajstić information content (AvgIpc) is 2.86. The molecule has 1 aromatic heterocycles. The molecule has 0 saturated carbocycles. The lowest BCUT2D eigenvalue weighted by molar-refractivity contribution is 0.442. The number of halogens is 3. The minimum atomic E-state index is -1.45. The summed E-state index contributed by atoms with van der Waals surface area (Å²) in [6, 6.07) is 3.33. The highest BCUT2D eigenvalue weighted by atomic mass is 19.2. The zero-order chi connectivity index (χ0) is 14.7. The topological polar surface area (TPSA) is 29.9 Å². The molecular formula is C14H16F3N3. The van der Waals surface area contributed by atoms with Gasteiger partial charge < -0.3 is 5.32 Å². The van der Waals surface area contributed by atoms with Gasteiger partial charge in [0.2, 0.25) is 0 Å². The van der Waals surface area contributed by atoms with Crippen LogP contribution in [0.15, 0.2) is 24.4 Å². The number of nitrogens with one attached hydrogen (secondary N) is 1. The monoisotopic (exact) mass is 283 g/mol. The van der Waals surface area contributed by atoms with Gasteiger partial charge in [0, 0.05) is 12.7 Å². The van der Waals surface area contributed by atoms with Crippen molar-refractivity contribution in [3.63, 3.8) is 0 Å². The summed E-state index contributed by atoms with van der Waals surface area (Å²) in [5.74, 6) is -3.84. The highest BCUT2D eigenvalue weighted by molar-refractivity contribution is 5.29. The van der Waals surface area contributed by atoms with Crippen LogP contribution < -0.4 is 5.32 Å². The summed E-state index contributed by atoms with van der Waals surface area (Å²) in [7, 11) is 1.67. The maximum atomic E-state index is 13.4. The van der Waals surface area contributed by atoms with E-state index in [4.69, 9.17) is 0 Å². The van der Waals surface area contributed by atoms with Crippen molar-refractivity contribution in [2.45, 2.75) is 25.9 Å². The molecule has 0 aliphatic carbocycles. The van der Waals surface area contributed by atoms with Crippen molar-refractivity contribution >= 4 is 0 Å². The second-order valence-electron chi connectivity index (χ2n) is 4.50. The van der Waals surface area contributed by atoms with Crippen LogP contribution in [0.5, 0.6) is 0 Å². The minimum absolute atomic E-state index is 0.321. The molecule has 1 N–H and O–H groups in total. The first-order chi connectivity index (χ1) is 9.58. The molecule has 0 spiro atoms. The van der Waals surface area contributed by atoms with Crippen LogP contribution in [0.4, 0.5) is 13.2 Å². The van der Waals surface area contributed by atoms with Gasteiger partial charge in [0.15, 0.2) is 17.5 Å². The molecule has 108 valence electrons. The van der Waals surface area contributed by atoms with Crippen LogP contribution >= 0.6 is 0 Å². The Balaban J connectivity index is 2.44. The molecule has 1 heterocycles. The van der Waals surface area contributed by atoms with E-state index in [0.717, 1.165) is 24.2 Å². The molecule has 3 nitrogen and oxygen atoms in total. The maximum absolute atomic E-state index is 13.4. The number of aromatic nitrogens is 2. The Kier molecular flexibility index (Phi) is 4.44. The number of hydrogen-bond donors (Lipinski definition) is 1. The van der Waals surface area contributed by atoms with Crippen molar-refractivity contribution < 1.29 is 13.2 Å². The summed E-state index contributed by atoms with van der Waals surface area (Å²) in [4.78, 5) is 0. The van der Waals surface area contributed by atoms with Gasteiger partial charge in [-0.2, -0.15) is 5.10 Å². The lowest BCUT2D eigenvalue weighted by Gasteiger charge is -2.18. The van der Waals surface area contributed by atoms with Crippen LogP contribution in [0.1, 0.15) is 30.6 Å². The van der Waals surface area contributed by atoms with Gasteiger partial charge in [0.25, 0.3) is 0 Å². The van der Waals surface area contributed by atoms with Gasteiger partial charge in [-0.1, -0.05) is 6.92 Å². The van der Waals surface area contributed by atoms with E-state index in [-0.39, 0.29) is 0 Å². The first-order valence-electron chi connectivity index (χ1n) is 6.41. The van der Waals surface area contributed by atoms with E-state index in [1.165, 1.54) is 0 Å². The molecule has 0 bridgehead atoms. The Hall–Kier alpha value is -1.82. The average molecular weight is 283 g/mol. The first-order valence-corrected chi connectivity index (χ1v) is 6.41. The maximum Gasteiger partial charge on any atom is 0.194 e. The molecule has 2 rings (SSSR count). The molecule has 0 amide bonds. The van der Waals surface area contributed by atoms with Crippen molar-refractivity contribution in [3.8, 4) is 0 Å². The number of hydrogen-bond acceptors (Lipinski definition) is 2. The SMILES string of the molecule is CCCn1nccc1C(NC)c1cc(F)c(F)c(F)c1. The van der Waals surface area contributed by atoms with Crippen LogP contribution in [0.3, 0.4) is 0 Å². The van der Waals surface area contributed by atoms with E-state index in [0.29, 0.717) is 12.1 Å². The van der Waals surface area contributed by atoms with E-state index in [1.807, 2.05) is 6.92 Å². The number of nitrogens with zero attached hydrogens (tertiary/aromatic N) is 2. The summed E-state index contributed by atoms with van der Waals surface area (Å²) in [5.41, 5.74) is 1.10. The summed E-state index contributed by atoms with van der Waals surface area (Å²) in [6.07, 6.45) is 2.52. The Morgan fingerprint density at radius 3 is 2.45 bits per heavy atom. The van der Waals surface area contributed by atoms with Crippen molar-refractivity contribution in [3.05, 3.63) is 53.1 Å². The largest absolute Gasteiger partial charge is 0.308 e. The van der Waals surface area contributed by atoms with Gasteiger partial charge in [-0.15, -0.1) is 0 Å². The Labute approximate surface area is 115 Å². The molecule has 20 heavy (non-hydrogen) atoms. The molecule has 0 saturated heterocycles. The highest BCUT2D eigenvalue weighted by Crippen LogP contribution is 2.25. The van der Waals surface area contributed by atoms with Gasteiger partial charge in [-0.25, -0.2) is 13.2 Å². The summed E-state index contributed by atoms with van der Waals surface area (Å²) in [6.45, 7) is 2.71. The number of aryl methyl sites for hydroxylation is 1. The summed E-state index contributed by atoms with van der Waals surface area (Å²) in [5, 5.41) is 7.15. The molecule has 0 fully saturated rings. The Bertz CT molecular complexity index is 572. The first kappa shape index (κ1) is 14.6. The highest BCUT2D eigenvalue weighted by Gasteiger charge is 2.20. The summed E-state index contributed by atoms with van der Waals surface area (Å²) >= 11 is 0. The van der Waals surface area contributed by atoms with Gasteiger partial charge in [0.1, 0.15) is 0 Å². The molecule has 1 atom stereocenters. The second-order valence-corrected chi connectivity index (χ2v) is 4.50. The predicted molar refractivity (Wildman–Crippen MR) is 69.7 cm³/mol. The zero-order valence-corrected chi connectivity index (χ0v) is 11.3. The van der Waals surface area contributed by atoms with Crippen LogP contribution in [-0.2, 0) is 6.54 Å². The predicted octanol–water partition coefficient (Wildman–Crippen LogP) is 3.02. The van der Waals surface area contributed by atoms with Crippen molar-refractivity contribution in [1.82, 2.24) is 15.1 Å². The second kappa shape index (κ2) is 6.09. The molecule has 0 radical (unpaired) electrons. The third-order valence-electron chi connectivity index (χ3n) is 3.11. The van der Waals surface area contributed by atoms with Gasteiger partial charge in [0.05, 0.1) is 11.7 Å². The lowest BCUT2D eigenvalue weighted by atomic mass is 10.0. The van der Waals surface area contributed by atoms with E-state index >= 15 is 0 Å². The fourth-order valence-electron chi connectivity index (χ4n) is 2.21. The van der Waals surface area contributed by atoms with E-state index in [1.54, 1.807) is 24.0 Å². The quantitative estimate of drug-likeness (QED) is 0.855. The van der Waals surface area contributed by atoms with Gasteiger partial charge >= 0.3 is 0 Å². The minimum Gasteiger partial charge on any atom is -0.308 e. The fraction of sp³-hybridized carbons (Fsp3) is 0.357. The van der Waals surface area contributed by atoms with Crippen LogP contribution in [0.25, 0.3) is 0 Å². The third-order valence-corrected chi connectivity index (χ3v) is 3.11. The summed E-state index contributed by atoms with van der Waals surface area (Å²) < 4.78 is 41.5. The van der Waals surface area contributed by atoms with E-state index in [2.05, 4.69) is 10.4 Å². The van der Waals surface area contributed by atoms with Gasteiger partial charge in [-0.3, -0.25) is 4.68 Å². The standard InChI is InChI=1S/C14H16F3N3/c1-3-6-20-12(4-5-19-20)14(18-2)9-7-10(15)13(17)11(16)8-9/h4-5,7-8,14,18H,3,6H2,1-2H3. The zero-order valence-electron chi connectivity index (χ0n) is 11.3. The molecule has 1 unspecified atom stereocenters. The van der Waals surface area contributed by atoms with Crippen LogP contribution in [-0.4, -0.2) is 16.8 Å². The molecule has 0 aliphatic heterocycles. The normalized spacial score (nSPS) is 12.7. The van der Waals surface area contributed by atoms with E-state index < -0.39 is 23.5 Å². The number of rotatable bonds is 5. The fourth-order valence-corrected chi connectivity index (χ4v) is 2.21. The lowest BCUT2D eigenvalue weighted by Crippen LogP contribution is -2.22. The third kappa shape index (κ3) is 2.70. The molecule has 2 aromatic rings. The van der Waals surface area contributed by atoms with Gasteiger partial charge in [-0.05, 0) is 37.2 Å². The Morgan fingerprint density at radius 1 is 1.25 bits per heavy atom. The van der Waals surface area contributed by atoms with E-state index in [9.17, 15) is 13.2 Å². The molecular weight excluding hydrogens is 267 g/mol. The van der Waals surface area contributed by atoms with Crippen molar-refractivity contribution in [1.29, 1.82) is 0 Å². The molecule has 1 aromatic carbocycles. The number of benzene rings is 1. The molecule has 6 heteroatoms. The van der Waals surface area contributed by atoms with Crippen LogP contribution in [0, 0.1) is 17.5 Å². The van der Waals surface area contributed by atoms with Crippen molar-refractivity contribution in [2.75, 3.05) is 7.05 Å². The Morgan fingerprint density at radius 2 is 1.90 bits per heavy atom. The van der Waals surface area contributed by atoms with Crippen molar-refractivity contribution in [2.24, 2.45) is 0 Å². The smallest absolute Gasteiger partial charge is 0.194 e.